The molecule has 0 spiro atoms. The summed E-state index contributed by atoms with van der Waals surface area (Å²) < 4.78 is 10.8. The number of ether oxygens (including phenoxy) is 2. The number of hydrogen-bond donors (Lipinski definition) is 0. The number of benzene rings is 3. The first kappa shape index (κ1) is 23.2. The Bertz CT molecular complexity index is 1170. The average Bonchev–Trinajstić information content (AvgIpc) is 3.37. The van der Waals surface area contributed by atoms with Gasteiger partial charge in [0.05, 0.1) is 20.6 Å². The number of carbonyl (C=O) groups is 2. The minimum atomic E-state index is -0.302. The summed E-state index contributed by atoms with van der Waals surface area (Å²) in [7, 11) is 3.21. The fourth-order valence-corrected chi connectivity index (χ4v) is 6.17. The molecule has 1 aliphatic heterocycles. The largest absolute Gasteiger partial charge is 0.497 e. The highest BCUT2D eigenvalue weighted by Crippen LogP contribution is 2.52. The summed E-state index contributed by atoms with van der Waals surface area (Å²) in [5, 5.41) is 0. The van der Waals surface area contributed by atoms with E-state index in [9.17, 15) is 9.59 Å². The van der Waals surface area contributed by atoms with Crippen LogP contribution in [0, 0.1) is 11.8 Å². The number of carbonyl (C=O) groups excluding carboxylic acids is 2. The van der Waals surface area contributed by atoms with Crippen LogP contribution < -0.4 is 9.47 Å². The van der Waals surface area contributed by atoms with E-state index in [1.54, 1.807) is 14.2 Å². The molecule has 5 rings (SSSR count). The van der Waals surface area contributed by atoms with Crippen LogP contribution in [0.5, 0.6) is 11.5 Å². The minimum Gasteiger partial charge on any atom is -0.497 e. The van der Waals surface area contributed by atoms with E-state index in [4.69, 9.17) is 9.47 Å². The number of amides is 1. The molecule has 5 nitrogen and oxygen atoms in total. The topological polar surface area (TPSA) is 55.8 Å². The lowest BCUT2D eigenvalue weighted by molar-refractivity contribution is -0.129. The quantitative estimate of drug-likeness (QED) is 0.527. The maximum absolute atomic E-state index is 13.5. The van der Waals surface area contributed by atoms with Gasteiger partial charge in [0, 0.05) is 42.3 Å². The van der Waals surface area contributed by atoms with Crippen LogP contribution in [0.2, 0.25) is 0 Å². The molecule has 2 aliphatic rings. The van der Waals surface area contributed by atoms with Gasteiger partial charge in [0.15, 0.2) is 0 Å². The van der Waals surface area contributed by atoms with E-state index in [0.29, 0.717) is 31.0 Å². The second-order valence-corrected chi connectivity index (χ2v) is 9.54. The van der Waals surface area contributed by atoms with Crippen molar-refractivity contribution >= 4 is 11.7 Å². The molecule has 0 bridgehead atoms. The molecule has 2 atom stereocenters. The zero-order valence-corrected chi connectivity index (χ0v) is 20.3. The van der Waals surface area contributed by atoms with Crippen molar-refractivity contribution in [3.8, 4) is 11.5 Å². The van der Waals surface area contributed by atoms with Crippen molar-refractivity contribution in [1.29, 1.82) is 0 Å². The van der Waals surface area contributed by atoms with E-state index < -0.39 is 0 Å². The number of hydrogen-bond acceptors (Lipinski definition) is 4. The van der Waals surface area contributed by atoms with Crippen LogP contribution in [-0.4, -0.2) is 43.9 Å². The molecular formula is C30H31NO4. The Balaban J connectivity index is 1.49. The van der Waals surface area contributed by atoms with Gasteiger partial charge in [0.2, 0.25) is 5.91 Å². The minimum absolute atomic E-state index is 0.00813. The molecule has 3 aromatic rings. The van der Waals surface area contributed by atoms with Crippen LogP contribution in [0.3, 0.4) is 0 Å². The number of ketones is 1. The van der Waals surface area contributed by atoms with Crippen LogP contribution in [0.4, 0.5) is 0 Å². The number of likely N-dealkylation sites (tertiary alicyclic amines) is 1. The van der Waals surface area contributed by atoms with Gasteiger partial charge >= 0.3 is 0 Å². The van der Waals surface area contributed by atoms with Crippen molar-refractivity contribution in [2.45, 2.75) is 24.7 Å². The molecule has 180 valence electrons. The van der Waals surface area contributed by atoms with Crippen LogP contribution >= 0.6 is 0 Å². The lowest BCUT2D eigenvalue weighted by Gasteiger charge is -2.45. The van der Waals surface area contributed by atoms with Crippen LogP contribution in [0.25, 0.3) is 0 Å². The Hall–Kier alpha value is -3.60. The van der Waals surface area contributed by atoms with E-state index in [1.807, 2.05) is 35.2 Å². The Kier molecular flexibility index (Phi) is 6.33. The molecule has 3 aromatic carbocycles. The predicted molar refractivity (Wildman–Crippen MR) is 135 cm³/mol. The van der Waals surface area contributed by atoms with E-state index in [2.05, 4.69) is 48.5 Å². The summed E-state index contributed by atoms with van der Waals surface area (Å²) in [5.74, 6) is 1.49. The number of rotatable bonds is 6. The zero-order chi connectivity index (χ0) is 24.4. The Morgan fingerprint density at radius 1 is 0.914 bits per heavy atom. The summed E-state index contributed by atoms with van der Waals surface area (Å²) in [5.41, 5.74) is 2.93. The van der Waals surface area contributed by atoms with Gasteiger partial charge in [-0.3, -0.25) is 9.59 Å². The summed E-state index contributed by atoms with van der Waals surface area (Å²) in [6, 6.07) is 26.5. The normalized spacial score (nSPS) is 20.9. The average molecular weight is 470 g/mol. The number of methoxy groups -OCH3 is 2. The molecule has 0 N–H and O–H groups in total. The van der Waals surface area contributed by atoms with Crippen LogP contribution in [0.15, 0.2) is 78.9 Å². The fourth-order valence-electron chi connectivity index (χ4n) is 6.17. The molecule has 0 aromatic heterocycles. The number of nitrogens with zero attached hydrogens (tertiary/aromatic N) is 1. The van der Waals surface area contributed by atoms with Gasteiger partial charge in [0.1, 0.15) is 17.3 Å². The number of Topliss-reactive ketones (excluding diaryl/α,β-unsaturated/α-hetero) is 1. The van der Waals surface area contributed by atoms with Crippen molar-refractivity contribution in [3.05, 3.63) is 95.6 Å². The van der Waals surface area contributed by atoms with Gasteiger partial charge in [-0.2, -0.15) is 0 Å². The third kappa shape index (κ3) is 4.09. The van der Waals surface area contributed by atoms with Gasteiger partial charge in [-0.1, -0.05) is 60.7 Å². The second-order valence-electron chi connectivity index (χ2n) is 9.54. The Labute approximate surface area is 206 Å². The molecule has 2 fully saturated rings. The number of fused-ring (bicyclic) bond motifs is 1. The summed E-state index contributed by atoms with van der Waals surface area (Å²) >= 11 is 0. The van der Waals surface area contributed by atoms with Gasteiger partial charge in [-0.15, -0.1) is 0 Å². The lowest BCUT2D eigenvalue weighted by atomic mass is 9.56. The smallest absolute Gasteiger partial charge is 0.227 e. The standard InChI is InChI=1S/C30H31NO4/c1-34-24-13-14-28(35-2)21(17-24)18-29(33)31-19-25-26(20-31)30(16-15-27(25)32,22-9-5-3-6-10-22)23-11-7-4-8-12-23/h3-14,17,25-26H,15-16,18-20H2,1-2H3. The molecule has 35 heavy (non-hydrogen) atoms. The van der Waals surface area contributed by atoms with Crippen molar-refractivity contribution in [1.82, 2.24) is 4.90 Å². The molecule has 2 unspecified atom stereocenters. The summed E-state index contributed by atoms with van der Waals surface area (Å²) in [4.78, 5) is 28.6. The molecule has 5 heteroatoms. The summed E-state index contributed by atoms with van der Waals surface area (Å²) in [6.45, 7) is 1.03. The molecule has 1 saturated carbocycles. The van der Waals surface area contributed by atoms with Gasteiger partial charge < -0.3 is 14.4 Å². The Morgan fingerprint density at radius 2 is 1.57 bits per heavy atom. The SMILES string of the molecule is COc1ccc(OC)c(CC(=O)N2CC3C(=O)CCC(c4ccccc4)(c4ccccc4)C3C2)c1. The molecule has 1 amide bonds. The maximum atomic E-state index is 13.5. The molecular weight excluding hydrogens is 438 g/mol. The van der Waals surface area contributed by atoms with Gasteiger partial charge in [-0.05, 0) is 35.7 Å². The maximum Gasteiger partial charge on any atom is 0.227 e. The molecule has 1 heterocycles. The van der Waals surface area contributed by atoms with Crippen molar-refractivity contribution in [2.75, 3.05) is 27.3 Å². The predicted octanol–water partition coefficient (Wildman–Crippen LogP) is 4.67. The highest BCUT2D eigenvalue weighted by atomic mass is 16.5. The zero-order valence-electron chi connectivity index (χ0n) is 20.3. The fraction of sp³-hybridized carbons (Fsp3) is 0.333. The second kappa shape index (κ2) is 9.57. The molecule has 0 radical (unpaired) electrons. The van der Waals surface area contributed by atoms with Gasteiger partial charge in [-0.25, -0.2) is 0 Å². The monoisotopic (exact) mass is 469 g/mol. The van der Waals surface area contributed by atoms with Crippen molar-refractivity contribution in [2.24, 2.45) is 11.8 Å². The van der Waals surface area contributed by atoms with E-state index in [0.717, 1.165) is 12.0 Å². The third-order valence-corrected chi connectivity index (χ3v) is 7.89. The Morgan fingerprint density at radius 3 is 2.17 bits per heavy atom. The van der Waals surface area contributed by atoms with Gasteiger partial charge in [0.25, 0.3) is 0 Å². The highest BCUT2D eigenvalue weighted by Gasteiger charge is 2.55. The van der Waals surface area contributed by atoms with E-state index in [1.165, 1.54) is 11.1 Å². The molecule has 1 aliphatic carbocycles. The van der Waals surface area contributed by atoms with Crippen molar-refractivity contribution < 1.29 is 19.1 Å². The first-order valence-electron chi connectivity index (χ1n) is 12.2. The van der Waals surface area contributed by atoms with Crippen LogP contribution in [0.1, 0.15) is 29.5 Å². The first-order valence-corrected chi connectivity index (χ1v) is 12.2. The third-order valence-electron chi connectivity index (χ3n) is 7.89. The summed E-state index contributed by atoms with van der Waals surface area (Å²) in [6.07, 6.45) is 1.49. The van der Waals surface area contributed by atoms with E-state index >= 15 is 0 Å². The lowest BCUT2D eigenvalue weighted by Crippen LogP contribution is -2.47. The highest BCUT2D eigenvalue weighted by molar-refractivity contribution is 5.86. The van der Waals surface area contributed by atoms with Crippen LogP contribution in [-0.2, 0) is 21.4 Å². The van der Waals surface area contributed by atoms with Crippen molar-refractivity contribution in [3.63, 3.8) is 0 Å². The first-order chi connectivity index (χ1) is 17.1. The molecule has 1 saturated heterocycles. The van der Waals surface area contributed by atoms with E-state index in [-0.39, 0.29) is 35.4 Å².